The van der Waals surface area contributed by atoms with E-state index in [1.54, 1.807) is 0 Å². The van der Waals surface area contributed by atoms with Crippen molar-refractivity contribution in [2.24, 2.45) is 0 Å². The first-order valence-electron chi connectivity index (χ1n) is 4.37. The molecule has 0 aliphatic rings. The first kappa shape index (κ1) is 10.4. The molecular weight excluding hydrogens is 184 g/mol. The van der Waals surface area contributed by atoms with Gasteiger partial charge in [-0.15, -0.1) is 0 Å². The van der Waals surface area contributed by atoms with Crippen molar-refractivity contribution in [3.05, 3.63) is 35.4 Å². The Morgan fingerprint density at radius 1 is 1.23 bits per heavy atom. The molecule has 0 fully saturated rings. The molecule has 1 N–H and O–H groups in total. The summed E-state index contributed by atoms with van der Waals surface area (Å²) in [4.78, 5) is 0. The molecule has 0 amide bonds. The van der Waals surface area contributed by atoms with Gasteiger partial charge in [-0.25, -0.2) is 4.21 Å². The van der Waals surface area contributed by atoms with Crippen LogP contribution in [0.25, 0.3) is 0 Å². The fourth-order valence-corrected chi connectivity index (χ4v) is 1.71. The Bertz CT molecular complexity index is 279. The van der Waals surface area contributed by atoms with Crippen molar-refractivity contribution in [1.82, 2.24) is 0 Å². The zero-order chi connectivity index (χ0) is 9.68. The molecule has 1 atom stereocenters. The van der Waals surface area contributed by atoms with Crippen molar-refractivity contribution >= 4 is 11.1 Å². The van der Waals surface area contributed by atoms with Crippen LogP contribution in [0.5, 0.6) is 0 Å². The van der Waals surface area contributed by atoms with Crippen LogP contribution in [-0.4, -0.2) is 8.76 Å². The van der Waals surface area contributed by atoms with E-state index in [9.17, 15) is 4.21 Å². The Hall–Kier alpha value is -0.670. The lowest BCUT2D eigenvalue weighted by Gasteiger charge is -2.00. The molecule has 0 radical (unpaired) electrons. The Balaban J connectivity index is 2.64. The molecular formula is C10H14O2S. The Morgan fingerprint density at radius 2 is 1.77 bits per heavy atom. The van der Waals surface area contributed by atoms with E-state index >= 15 is 0 Å². The first-order chi connectivity index (χ1) is 6.22. The molecule has 0 aromatic heterocycles. The second-order valence-corrected chi connectivity index (χ2v) is 3.96. The number of hydrogen-bond donors (Lipinski definition) is 1. The van der Waals surface area contributed by atoms with Crippen LogP contribution in [-0.2, 0) is 23.3 Å². The molecule has 0 saturated heterocycles. The highest BCUT2D eigenvalue weighted by atomic mass is 32.2. The summed E-state index contributed by atoms with van der Waals surface area (Å²) in [6.07, 6.45) is 2.20. The molecule has 0 heterocycles. The molecule has 0 bridgehead atoms. The minimum Gasteiger partial charge on any atom is -0.306 e. The largest absolute Gasteiger partial charge is 0.306 e. The summed E-state index contributed by atoms with van der Waals surface area (Å²) in [5, 5.41) is 0. The highest BCUT2D eigenvalue weighted by molar-refractivity contribution is 7.78. The van der Waals surface area contributed by atoms with Crippen LogP contribution < -0.4 is 0 Å². The van der Waals surface area contributed by atoms with Crippen LogP contribution >= 0.6 is 0 Å². The highest BCUT2D eigenvalue weighted by Gasteiger charge is 1.97. The maximum atomic E-state index is 10.5. The fourth-order valence-electron chi connectivity index (χ4n) is 1.23. The number of aryl methyl sites for hydroxylation is 1. The van der Waals surface area contributed by atoms with E-state index in [1.807, 2.05) is 24.3 Å². The van der Waals surface area contributed by atoms with E-state index in [-0.39, 0.29) is 5.75 Å². The molecule has 0 aliphatic carbocycles. The minimum atomic E-state index is -1.73. The smallest absolute Gasteiger partial charge is 0.157 e. The van der Waals surface area contributed by atoms with Crippen molar-refractivity contribution in [3.8, 4) is 0 Å². The molecule has 72 valence electrons. The maximum absolute atomic E-state index is 10.5. The maximum Gasteiger partial charge on any atom is 0.157 e. The van der Waals surface area contributed by atoms with E-state index in [1.165, 1.54) is 5.56 Å². The van der Waals surface area contributed by atoms with E-state index in [0.29, 0.717) is 0 Å². The Morgan fingerprint density at radius 3 is 2.23 bits per heavy atom. The van der Waals surface area contributed by atoms with Crippen LogP contribution in [0, 0.1) is 0 Å². The predicted molar refractivity (Wildman–Crippen MR) is 54.9 cm³/mol. The lowest BCUT2D eigenvalue weighted by Crippen LogP contribution is -1.93. The third kappa shape index (κ3) is 3.70. The summed E-state index contributed by atoms with van der Waals surface area (Å²) in [5.74, 6) is 0.229. The standard InChI is InChI=1S/C10H14O2S/c1-2-3-9-4-6-10(7-5-9)8-13(11)12/h4-7H,2-3,8H2,1H3,(H,11,12). The molecule has 1 aromatic carbocycles. The van der Waals surface area contributed by atoms with Crippen molar-refractivity contribution in [1.29, 1.82) is 0 Å². The third-order valence-electron chi connectivity index (χ3n) is 1.85. The van der Waals surface area contributed by atoms with Crippen molar-refractivity contribution in [2.45, 2.75) is 25.5 Å². The topological polar surface area (TPSA) is 37.3 Å². The lowest BCUT2D eigenvalue weighted by atomic mass is 10.1. The summed E-state index contributed by atoms with van der Waals surface area (Å²) >= 11 is -1.73. The average Bonchev–Trinajstić information content (AvgIpc) is 2.08. The summed E-state index contributed by atoms with van der Waals surface area (Å²) in [6, 6.07) is 7.87. The Labute approximate surface area is 81.3 Å². The highest BCUT2D eigenvalue weighted by Crippen LogP contribution is 2.07. The van der Waals surface area contributed by atoms with E-state index in [4.69, 9.17) is 4.55 Å². The molecule has 1 aromatic rings. The van der Waals surface area contributed by atoms with Gasteiger partial charge in [0.1, 0.15) is 0 Å². The molecule has 3 heteroatoms. The molecule has 0 aliphatic heterocycles. The van der Waals surface area contributed by atoms with Crippen LogP contribution in [0.15, 0.2) is 24.3 Å². The van der Waals surface area contributed by atoms with Gasteiger partial charge < -0.3 is 4.55 Å². The van der Waals surface area contributed by atoms with Gasteiger partial charge in [0, 0.05) is 0 Å². The van der Waals surface area contributed by atoms with Gasteiger partial charge >= 0.3 is 0 Å². The summed E-state index contributed by atoms with van der Waals surface area (Å²) in [6.45, 7) is 2.14. The molecule has 2 nitrogen and oxygen atoms in total. The predicted octanol–water partition coefficient (Wildman–Crippen LogP) is 2.36. The van der Waals surface area contributed by atoms with Gasteiger partial charge in [-0.1, -0.05) is 37.6 Å². The van der Waals surface area contributed by atoms with E-state index in [0.717, 1.165) is 18.4 Å². The van der Waals surface area contributed by atoms with Gasteiger partial charge in [-0.05, 0) is 17.5 Å². The van der Waals surface area contributed by atoms with Gasteiger partial charge in [-0.2, -0.15) is 0 Å². The molecule has 1 unspecified atom stereocenters. The normalized spacial score (nSPS) is 12.8. The number of benzene rings is 1. The van der Waals surface area contributed by atoms with E-state index in [2.05, 4.69) is 6.92 Å². The van der Waals surface area contributed by atoms with Gasteiger partial charge in [0.25, 0.3) is 0 Å². The average molecular weight is 198 g/mol. The molecule has 0 spiro atoms. The van der Waals surface area contributed by atoms with Crippen molar-refractivity contribution in [2.75, 3.05) is 0 Å². The molecule has 1 rings (SSSR count). The van der Waals surface area contributed by atoms with Crippen LogP contribution in [0.3, 0.4) is 0 Å². The molecule has 0 saturated carbocycles. The third-order valence-corrected chi connectivity index (χ3v) is 2.43. The summed E-state index contributed by atoms with van der Waals surface area (Å²) in [5.41, 5.74) is 2.20. The summed E-state index contributed by atoms with van der Waals surface area (Å²) in [7, 11) is 0. The van der Waals surface area contributed by atoms with Crippen LogP contribution in [0.2, 0.25) is 0 Å². The Kier molecular flexibility index (Phi) is 4.12. The second-order valence-electron chi connectivity index (χ2n) is 3.03. The minimum absolute atomic E-state index is 0.229. The van der Waals surface area contributed by atoms with Gasteiger partial charge in [0.05, 0.1) is 5.75 Å². The van der Waals surface area contributed by atoms with Gasteiger partial charge in [0.15, 0.2) is 11.1 Å². The first-order valence-corrected chi connectivity index (χ1v) is 5.65. The monoisotopic (exact) mass is 198 g/mol. The quantitative estimate of drug-likeness (QED) is 0.754. The zero-order valence-electron chi connectivity index (χ0n) is 7.69. The molecule has 13 heavy (non-hydrogen) atoms. The van der Waals surface area contributed by atoms with Crippen molar-refractivity contribution in [3.63, 3.8) is 0 Å². The second kappa shape index (κ2) is 5.14. The SMILES string of the molecule is CCCc1ccc(CS(=O)O)cc1. The summed E-state index contributed by atoms with van der Waals surface area (Å²) < 4.78 is 19.1. The fraction of sp³-hybridized carbons (Fsp3) is 0.400. The number of hydrogen-bond acceptors (Lipinski definition) is 1. The van der Waals surface area contributed by atoms with Crippen molar-refractivity contribution < 1.29 is 8.76 Å². The zero-order valence-corrected chi connectivity index (χ0v) is 8.51. The van der Waals surface area contributed by atoms with Gasteiger partial charge in [0.2, 0.25) is 0 Å². The van der Waals surface area contributed by atoms with Crippen LogP contribution in [0.4, 0.5) is 0 Å². The van der Waals surface area contributed by atoms with E-state index < -0.39 is 11.1 Å². The van der Waals surface area contributed by atoms with Gasteiger partial charge in [-0.3, -0.25) is 0 Å². The van der Waals surface area contributed by atoms with Crippen LogP contribution in [0.1, 0.15) is 24.5 Å². The number of rotatable bonds is 4. The lowest BCUT2D eigenvalue weighted by molar-refractivity contribution is 0.563.